The van der Waals surface area contributed by atoms with E-state index < -0.39 is 0 Å². The fourth-order valence-electron chi connectivity index (χ4n) is 3.29. The quantitative estimate of drug-likeness (QED) is 0.522. The van der Waals surface area contributed by atoms with Crippen LogP contribution in [0.5, 0.6) is 11.5 Å². The Bertz CT molecular complexity index is 1080. The van der Waals surface area contributed by atoms with Crippen LogP contribution in [0.1, 0.15) is 23.7 Å². The molecule has 0 spiro atoms. The van der Waals surface area contributed by atoms with Gasteiger partial charge in [-0.05, 0) is 60.0 Å². The Morgan fingerprint density at radius 3 is 2.44 bits per heavy atom. The van der Waals surface area contributed by atoms with Crippen molar-refractivity contribution in [3.63, 3.8) is 0 Å². The Morgan fingerprint density at radius 2 is 1.75 bits per heavy atom. The van der Waals surface area contributed by atoms with E-state index in [1.807, 2.05) is 60.8 Å². The molecule has 1 amide bonds. The number of carbonyl (C=O) groups is 1. The number of amides is 1. The molecule has 0 radical (unpaired) electrons. The summed E-state index contributed by atoms with van der Waals surface area (Å²) in [6.45, 7) is 2.35. The van der Waals surface area contributed by atoms with Crippen LogP contribution in [0.2, 0.25) is 0 Å². The average Bonchev–Trinajstić information content (AvgIpc) is 2.81. The molecule has 166 valence electrons. The van der Waals surface area contributed by atoms with E-state index in [1.54, 1.807) is 14.2 Å². The molecule has 0 saturated carbocycles. The fraction of sp³-hybridized carbons (Fsp3) is 0.231. The van der Waals surface area contributed by atoms with Crippen LogP contribution in [-0.2, 0) is 11.2 Å². The highest BCUT2D eigenvalue weighted by Crippen LogP contribution is 2.28. The maximum atomic E-state index is 11.1. The highest BCUT2D eigenvalue weighted by molar-refractivity contribution is 5.88. The number of nitrogens with one attached hydrogen (secondary N) is 1. The Morgan fingerprint density at radius 1 is 1.00 bits per heavy atom. The number of pyridine rings is 1. The van der Waals surface area contributed by atoms with Crippen molar-refractivity contribution in [3.05, 3.63) is 77.6 Å². The van der Waals surface area contributed by atoms with Gasteiger partial charge in [-0.15, -0.1) is 0 Å². The molecule has 1 N–H and O–H groups in total. The lowest BCUT2D eigenvalue weighted by atomic mass is 10.1. The molecule has 0 saturated heterocycles. The third-order valence-electron chi connectivity index (χ3n) is 5.07. The smallest absolute Gasteiger partial charge is 0.221 e. The van der Waals surface area contributed by atoms with Crippen LogP contribution in [0.3, 0.4) is 0 Å². The molecule has 0 bridgehead atoms. The predicted molar refractivity (Wildman–Crippen MR) is 130 cm³/mol. The maximum Gasteiger partial charge on any atom is 0.221 e. The monoisotopic (exact) mass is 431 g/mol. The van der Waals surface area contributed by atoms with E-state index in [1.165, 1.54) is 12.5 Å². The van der Waals surface area contributed by atoms with Gasteiger partial charge in [0.1, 0.15) is 0 Å². The Labute approximate surface area is 189 Å². The molecule has 3 aromatic rings. The molecule has 0 fully saturated rings. The zero-order chi connectivity index (χ0) is 22.9. The Balaban J connectivity index is 1.62. The van der Waals surface area contributed by atoms with Crippen LogP contribution >= 0.6 is 0 Å². The Hall–Kier alpha value is -3.80. The molecular formula is C26H29N3O3. The van der Waals surface area contributed by atoms with Crippen molar-refractivity contribution in [2.24, 2.45) is 0 Å². The van der Waals surface area contributed by atoms with Gasteiger partial charge in [0.15, 0.2) is 11.5 Å². The van der Waals surface area contributed by atoms with Gasteiger partial charge < -0.3 is 19.7 Å². The van der Waals surface area contributed by atoms with Gasteiger partial charge in [-0.2, -0.15) is 0 Å². The number of likely N-dealkylation sites (N-methyl/N-ethyl adjacent to an activating group) is 1. The predicted octanol–water partition coefficient (Wildman–Crippen LogP) is 4.91. The van der Waals surface area contributed by atoms with E-state index in [2.05, 4.69) is 34.4 Å². The topological polar surface area (TPSA) is 63.7 Å². The van der Waals surface area contributed by atoms with Gasteiger partial charge in [0.05, 0.1) is 19.9 Å². The van der Waals surface area contributed by atoms with E-state index in [-0.39, 0.29) is 5.91 Å². The maximum absolute atomic E-state index is 11.1. The first-order valence-corrected chi connectivity index (χ1v) is 10.4. The zero-order valence-electron chi connectivity index (χ0n) is 19.0. The first kappa shape index (κ1) is 22.9. The van der Waals surface area contributed by atoms with Crippen molar-refractivity contribution >= 4 is 29.4 Å². The summed E-state index contributed by atoms with van der Waals surface area (Å²) in [7, 11) is 5.36. The second kappa shape index (κ2) is 11.0. The first-order chi connectivity index (χ1) is 15.5. The van der Waals surface area contributed by atoms with Gasteiger partial charge in [-0.25, -0.2) is 0 Å². The van der Waals surface area contributed by atoms with Crippen LogP contribution in [0.4, 0.5) is 11.4 Å². The van der Waals surface area contributed by atoms with Crippen molar-refractivity contribution < 1.29 is 14.3 Å². The highest BCUT2D eigenvalue weighted by atomic mass is 16.5. The van der Waals surface area contributed by atoms with Gasteiger partial charge in [0.2, 0.25) is 5.91 Å². The number of methoxy groups -OCH3 is 2. The number of hydrogen-bond acceptors (Lipinski definition) is 5. The molecule has 0 unspecified atom stereocenters. The molecule has 6 heteroatoms. The molecular weight excluding hydrogens is 402 g/mol. The standard InChI is InChI=1S/C26H29N3O3/c1-19(30)28-22-9-5-20(6-10-22)7-11-23-18-24(13-15-27-23)29(2)16-14-21-8-12-25(31-3)26(17-21)32-4/h5-13,15,17-18H,14,16H2,1-4H3,(H,28,30). The van der Waals surface area contributed by atoms with E-state index in [4.69, 9.17) is 9.47 Å². The summed E-state index contributed by atoms with van der Waals surface area (Å²) in [5, 5.41) is 2.77. The van der Waals surface area contributed by atoms with Gasteiger partial charge >= 0.3 is 0 Å². The van der Waals surface area contributed by atoms with Gasteiger partial charge in [0.25, 0.3) is 0 Å². The third-order valence-corrected chi connectivity index (χ3v) is 5.07. The second-order valence-electron chi connectivity index (χ2n) is 7.44. The molecule has 3 rings (SSSR count). The van der Waals surface area contributed by atoms with Crippen molar-refractivity contribution in [2.75, 3.05) is 38.0 Å². The summed E-state index contributed by atoms with van der Waals surface area (Å²) in [6, 6.07) is 17.8. The second-order valence-corrected chi connectivity index (χ2v) is 7.44. The lowest BCUT2D eigenvalue weighted by Gasteiger charge is -2.20. The molecule has 32 heavy (non-hydrogen) atoms. The minimum atomic E-state index is -0.0791. The van der Waals surface area contributed by atoms with Crippen LogP contribution in [0.25, 0.3) is 12.2 Å². The number of benzene rings is 2. The van der Waals surface area contributed by atoms with Gasteiger partial charge in [0, 0.05) is 38.1 Å². The van der Waals surface area contributed by atoms with E-state index >= 15 is 0 Å². The van der Waals surface area contributed by atoms with Crippen LogP contribution < -0.4 is 19.7 Å². The number of rotatable bonds is 9. The summed E-state index contributed by atoms with van der Waals surface area (Å²) < 4.78 is 10.7. The SMILES string of the molecule is COc1ccc(CCN(C)c2ccnc(C=Cc3ccc(NC(C)=O)cc3)c2)cc1OC. The summed E-state index contributed by atoms with van der Waals surface area (Å²) >= 11 is 0. The van der Waals surface area contributed by atoms with Crippen molar-refractivity contribution in [3.8, 4) is 11.5 Å². The van der Waals surface area contributed by atoms with E-state index in [0.29, 0.717) is 0 Å². The molecule has 6 nitrogen and oxygen atoms in total. The number of ether oxygens (including phenoxy) is 2. The number of aromatic nitrogens is 1. The zero-order valence-corrected chi connectivity index (χ0v) is 19.0. The van der Waals surface area contributed by atoms with Crippen molar-refractivity contribution in [1.82, 2.24) is 4.98 Å². The molecule has 0 aliphatic heterocycles. The highest BCUT2D eigenvalue weighted by Gasteiger charge is 2.07. The minimum absolute atomic E-state index is 0.0791. The fourth-order valence-corrected chi connectivity index (χ4v) is 3.29. The normalized spacial score (nSPS) is 10.8. The summed E-state index contributed by atoms with van der Waals surface area (Å²) in [5.74, 6) is 1.40. The summed E-state index contributed by atoms with van der Waals surface area (Å²) in [6.07, 6.45) is 6.69. The number of anilines is 2. The van der Waals surface area contributed by atoms with Gasteiger partial charge in [-0.3, -0.25) is 9.78 Å². The molecule has 0 aliphatic carbocycles. The summed E-state index contributed by atoms with van der Waals surface area (Å²) in [5.41, 5.74) is 4.98. The molecule has 1 heterocycles. The number of nitrogens with zero attached hydrogens (tertiary/aromatic N) is 2. The lowest BCUT2D eigenvalue weighted by molar-refractivity contribution is -0.114. The average molecular weight is 432 g/mol. The van der Waals surface area contributed by atoms with Crippen LogP contribution in [-0.4, -0.2) is 38.7 Å². The largest absolute Gasteiger partial charge is 0.493 e. The van der Waals surface area contributed by atoms with Crippen molar-refractivity contribution in [2.45, 2.75) is 13.3 Å². The van der Waals surface area contributed by atoms with Gasteiger partial charge in [-0.1, -0.05) is 24.3 Å². The minimum Gasteiger partial charge on any atom is -0.493 e. The molecule has 0 atom stereocenters. The van der Waals surface area contributed by atoms with Crippen molar-refractivity contribution in [1.29, 1.82) is 0 Å². The molecule has 1 aromatic heterocycles. The lowest BCUT2D eigenvalue weighted by Crippen LogP contribution is -2.20. The third kappa shape index (κ3) is 6.35. The van der Waals surface area contributed by atoms with Crippen LogP contribution in [0, 0.1) is 0 Å². The van der Waals surface area contributed by atoms with Crippen LogP contribution in [0.15, 0.2) is 60.8 Å². The summed E-state index contributed by atoms with van der Waals surface area (Å²) in [4.78, 5) is 17.8. The number of carbonyl (C=O) groups excluding carboxylic acids is 1. The Kier molecular flexibility index (Phi) is 7.86. The first-order valence-electron chi connectivity index (χ1n) is 10.4. The molecule has 0 aliphatic rings. The van der Waals surface area contributed by atoms with E-state index in [0.717, 1.165) is 47.1 Å². The molecule has 2 aromatic carbocycles. The number of hydrogen-bond donors (Lipinski definition) is 1. The van der Waals surface area contributed by atoms with E-state index in [9.17, 15) is 4.79 Å².